The number of benzene rings is 1. The fraction of sp³-hybridized carbons (Fsp3) is 0.333. The first-order valence-corrected chi connectivity index (χ1v) is 12.9. The summed E-state index contributed by atoms with van der Waals surface area (Å²) in [4.78, 5) is 34.2. The van der Waals surface area contributed by atoms with Gasteiger partial charge in [-0.15, -0.1) is 10.2 Å². The van der Waals surface area contributed by atoms with E-state index in [0.717, 1.165) is 9.25 Å². The Morgan fingerprint density at radius 1 is 1.15 bits per heavy atom. The molecule has 1 saturated heterocycles. The van der Waals surface area contributed by atoms with Gasteiger partial charge in [-0.3, -0.25) is 9.36 Å². The number of carbonyl (C=O) groups excluding carboxylic acids is 1. The minimum Gasteiger partial charge on any atom is -0.342 e. The molecule has 1 aromatic carbocycles. The first-order chi connectivity index (χ1) is 19.5. The number of amides is 1. The fourth-order valence-electron chi connectivity index (χ4n) is 4.25. The van der Waals surface area contributed by atoms with Crippen molar-refractivity contribution in [3.63, 3.8) is 0 Å². The molecule has 4 heterocycles. The van der Waals surface area contributed by atoms with E-state index < -0.39 is 42.6 Å². The van der Waals surface area contributed by atoms with E-state index in [-0.39, 0.29) is 37.0 Å². The second kappa shape index (κ2) is 11.6. The Balaban J connectivity index is 1.47. The summed E-state index contributed by atoms with van der Waals surface area (Å²) in [7, 11) is 0. The van der Waals surface area contributed by atoms with Gasteiger partial charge in [-0.05, 0) is 36.4 Å². The summed E-state index contributed by atoms with van der Waals surface area (Å²) in [5.41, 5.74) is -0.609. The fourth-order valence-corrected chi connectivity index (χ4v) is 4.59. The van der Waals surface area contributed by atoms with Gasteiger partial charge in [0.1, 0.15) is 25.1 Å². The average Bonchev–Trinajstić information content (AvgIpc) is 3.64. The molecule has 216 valence electrons. The van der Waals surface area contributed by atoms with E-state index in [1.54, 1.807) is 12.1 Å². The monoisotopic (exact) mass is 613 g/mol. The molecule has 11 nitrogen and oxygen atoms in total. The molecule has 1 amide bonds. The predicted molar refractivity (Wildman–Crippen MR) is 139 cm³/mol. The van der Waals surface area contributed by atoms with Crippen LogP contribution in [0.25, 0.3) is 17.2 Å². The minimum absolute atomic E-state index is 0.106. The molecule has 41 heavy (non-hydrogen) atoms. The van der Waals surface area contributed by atoms with Crippen molar-refractivity contribution in [2.24, 2.45) is 0 Å². The smallest absolute Gasteiger partial charge is 0.342 e. The largest absolute Gasteiger partial charge is 0.410 e. The van der Waals surface area contributed by atoms with Crippen LogP contribution in [0.4, 0.5) is 17.6 Å². The maximum Gasteiger partial charge on any atom is 0.410 e. The molecule has 0 radical (unpaired) electrons. The number of nitrogens with one attached hydrogen (secondary N) is 2. The van der Waals surface area contributed by atoms with Crippen LogP contribution < -0.4 is 16.3 Å². The summed E-state index contributed by atoms with van der Waals surface area (Å²) in [5.74, 6) is -0.740. The molecule has 0 spiro atoms. The van der Waals surface area contributed by atoms with E-state index in [2.05, 4.69) is 25.5 Å². The second-order valence-corrected chi connectivity index (χ2v) is 10.0. The summed E-state index contributed by atoms with van der Waals surface area (Å²) in [6.07, 6.45) is -3.72. The van der Waals surface area contributed by atoms with Crippen LogP contribution in [-0.2, 0) is 17.9 Å². The van der Waals surface area contributed by atoms with E-state index in [1.807, 2.05) is 5.32 Å². The van der Waals surface area contributed by atoms with Crippen molar-refractivity contribution in [1.29, 1.82) is 0 Å². The number of pyridine rings is 1. The van der Waals surface area contributed by atoms with Crippen molar-refractivity contribution in [3.8, 4) is 17.2 Å². The Kier molecular flexibility index (Phi) is 8.11. The van der Waals surface area contributed by atoms with Crippen molar-refractivity contribution in [1.82, 2.24) is 44.7 Å². The third-order valence-electron chi connectivity index (χ3n) is 6.28. The van der Waals surface area contributed by atoms with Gasteiger partial charge in [0.05, 0.1) is 17.6 Å². The number of halogens is 6. The van der Waals surface area contributed by atoms with E-state index >= 15 is 0 Å². The van der Waals surface area contributed by atoms with Crippen molar-refractivity contribution >= 4 is 29.1 Å². The van der Waals surface area contributed by atoms with Crippen LogP contribution in [0.2, 0.25) is 10.0 Å². The molecule has 17 heteroatoms. The third-order valence-corrected chi connectivity index (χ3v) is 6.83. The summed E-state index contributed by atoms with van der Waals surface area (Å²) in [5, 5.41) is 13.6. The highest BCUT2D eigenvalue weighted by atomic mass is 35.5. The summed E-state index contributed by atoms with van der Waals surface area (Å²) < 4.78 is 58.8. The zero-order chi connectivity index (χ0) is 29.3. The van der Waals surface area contributed by atoms with Crippen LogP contribution in [-0.4, -0.2) is 71.0 Å². The van der Waals surface area contributed by atoms with E-state index in [4.69, 9.17) is 23.2 Å². The standard InChI is InChI=1S/C24H21Cl2F4N9O2/c25-14-5-3-13(4-6-14)20-36-38(11-19-33-12-39(35-19)21-16(26)2-1-7-31-21)23(41)37(20)10-18(24(28,29)30)34-22(40)17-8-15(27)9-32-17/h1-7,12,15,17-18,32H,8-11H2,(H,34,40). The number of carbonyl (C=O) groups is 1. The molecule has 4 aromatic rings. The molecular weight excluding hydrogens is 593 g/mol. The third kappa shape index (κ3) is 6.41. The number of hydrogen-bond donors (Lipinski definition) is 2. The number of aromatic nitrogens is 7. The molecule has 1 aliphatic heterocycles. The molecule has 3 atom stereocenters. The minimum atomic E-state index is -4.94. The van der Waals surface area contributed by atoms with Crippen LogP contribution in [0.5, 0.6) is 0 Å². The van der Waals surface area contributed by atoms with Crippen LogP contribution in [0.1, 0.15) is 12.2 Å². The van der Waals surface area contributed by atoms with Gasteiger partial charge < -0.3 is 10.6 Å². The zero-order valence-electron chi connectivity index (χ0n) is 20.9. The number of alkyl halides is 4. The van der Waals surface area contributed by atoms with E-state index in [9.17, 15) is 27.2 Å². The highest BCUT2D eigenvalue weighted by Gasteiger charge is 2.43. The van der Waals surface area contributed by atoms with Crippen LogP contribution >= 0.6 is 23.2 Å². The molecule has 5 rings (SSSR count). The average molecular weight is 614 g/mol. The Labute approximate surface area is 239 Å². The maximum absolute atomic E-state index is 14.1. The molecule has 0 bridgehead atoms. The van der Waals surface area contributed by atoms with Gasteiger partial charge in [0.2, 0.25) is 5.91 Å². The van der Waals surface area contributed by atoms with E-state index in [1.165, 1.54) is 41.5 Å². The van der Waals surface area contributed by atoms with E-state index in [0.29, 0.717) is 15.6 Å². The van der Waals surface area contributed by atoms with Crippen molar-refractivity contribution < 1.29 is 22.4 Å². The quantitative estimate of drug-likeness (QED) is 0.293. The first-order valence-electron chi connectivity index (χ1n) is 12.2. The lowest BCUT2D eigenvalue weighted by atomic mass is 10.1. The van der Waals surface area contributed by atoms with Gasteiger partial charge >= 0.3 is 11.9 Å². The lowest BCUT2D eigenvalue weighted by Crippen LogP contribution is -2.53. The number of hydrogen-bond acceptors (Lipinski definition) is 7. The Hall–Kier alpha value is -3.82. The van der Waals surface area contributed by atoms with Crippen molar-refractivity contribution in [2.45, 2.75) is 43.9 Å². The molecule has 3 unspecified atom stereocenters. The van der Waals surface area contributed by atoms with Gasteiger partial charge in [-0.2, -0.15) is 13.2 Å². The molecule has 0 aliphatic carbocycles. The Morgan fingerprint density at radius 3 is 2.56 bits per heavy atom. The van der Waals surface area contributed by atoms with Gasteiger partial charge in [0.25, 0.3) is 0 Å². The van der Waals surface area contributed by atoms with Gasteiger partial charge in [0, 0.05) is 29.7 Å². The van der Waals surface area contributed by atoms with Crippen molar-refractivity contribution in [3.05, 3.63) is 75.3 Å². The van der Waals surface area contributed by atoms with Crippen LogP contribution in [0.15, 0.2) is 53.7 Å². The highest BCUT2D eigenvalue weighted by molar-refractivity contribution is 6.32. The summed E-state index contributed by atoms with van der Waals surface area (Å²) in [6, 6.07) is 5.61. The SMILES string of the molecule is O=C(NC(Cn1c(-c2ccc(Cl)cc2)nn(Cc2ncn(-c3ncccc3Cl)n2)c1=O)C(F)(F)F)C1CC(F)CN1. The van der Waals surface area contributed by atoms with Gasteiger partial charge in [-0.1, -0.05) is 23.2 Å². The van der Waals surface area contributed by atoms with Crippen LogP contribution in [0, 0.1) is 0 Å². The van der Waals surface area contributed by atoms with Crippen LogP contribution in [0.3, 0.4) is 0 Å². The lowest BCUT2D eigenvalue weighted by Gasteiger charge is -2.24. The molecule has 1 aliphatic rings. The molecule has 2 N–H and O–H groups in total. The summed E-state index contributed by atoms with van der Waals surface area (Å²) in [6.45, 7) is -1.43. The Bertz CT molecular complexity index is 1600. The maximum atomic E-state index is 14.1. The molecular formula is C24H21Cl2F4N9O2. The highest BCUT2D eigenvalue weighted by Crippen LogP contribution is 2.25. The number of rotatable bonds is 8. The Morgan fingerprint density at radius 2 is 1.90 bits per heavy atom. The second-order valence-electron chi connectivity index (χ2n) is 9.19. The predicted octanol–water partition coefficient (Wildman–Crippen LogP) is 2.79. The van der Waals surface area contributed by atoms with Crippen molar-refractivity contribution in [2.75, 3.05) is 6.54 Å². The van der Waals surface area contributed by atoms with Gasteiger partial charge in [-0.25, -0.2) is 28.5 Å². The molecule has 0 saturated carbocycles. The normalized spacial score (nSPS) is 18.0. The molecule has 1 fully saturated rings. The van der Waals surface area contributed by atoms with Gasteiger partial charge in [0.15, 0.2) is 17.5 Å². The summed E-state index contributed by atoms with van der Waals surface area (Å²) >= 11 is 12.1. The lowest BCUT2D eigenvalue weighted by molar-refractivity contribution is -0.164. The first kappa shape index (κ1) is 28.7. The zero-order valence-corrected chi connectivity index (χ0v) is 22.4. The topological polar surface area (TPSA) is 125 Å². The molecule has 3 aromatic heterocycles. The number of nitrogens with zero attached hydrogens (tertiary/aromatic N) is 7.